The molecule has 5 rings (SSSR count). The third-order valence-corrected chi connectivity index (χ3v) is 5.94. The van der Waals surface area contributed by atoms with E-state index in [1.807, 2.05) is 57.1 Å². The van der Waals surface area contributed by atoms with E-state index in [-0.39, 0.29) is 5.92 Å². The molecule has 34 heavy (non-hydrogen) atoms. The minimum atomic E-state index is 0.127. The first-order chi connectivity index (χ1) is 16.7. The maximum absolute atomic E-state index is 4.94. The normalized spacial score (nSPS) is 11.0. The van der Waals surface area contributed by atoms with Crippen molar-refractivity contribution in [3.8, 4) is 11.4 Å². The Bertz CT molecular complexity index is 1330. The fraction of sp³-hybridized carbons (Fsp3) is 0.143. The molecule has 6 heteroatoms. The highest BCUT2D eigenvalue weighted by Crippen LogP contribution is 2.29. The summed E-state index contributed by atoms with van der Waals surface area (Å²) in [5.41, 5.74) is 5.41. The molecule has 0 fully saturated rings. The predicted molar refractivity (Wildman–Crippen MR) is 138 cm³/mol. The number of nitrogens with one attached hydrogen (secondary N) is 1. The van der Waals surface area contributed by atoms with Gasteiger partial charge in [-0.25, -0.2) is 9.97 Å². The number of rotatable bonds is 7. The molecular weight excluding hydrogens is 420 g/mol. The Labute approximate surface area is 199 Å². The lowest BCUT2D eigenvalue weighted by Crippen LogP contribution is -2.15. The second-order valence-corrected chi connectivity index (χ2v) is 8.35. The van der Waals surface area contributed by atoms with Crippen LogP contribution in [0.15, 0.2) is 97.6 Å². The number of hydrogen-bond donors (Lipinski definition) is 1. The van der Waals surface area contributed by atoms with Crippen molar-refractivity contribution >= 4 is 22.4 Å². The molecule has 0 spiro atoms. The molecule has 0 bridgehead atoms. The van der Waals surface area contributed by atoms with Gasteiger partial charge in [0.1, 0.15) is 5.82 Å². The molecule has 0 saturated heterocycles. The van der Waals surface area contributed by atoms with Gasteiger partial charge in [0, 0.05) is 68.0 Å². The fourth-order valence-corrected chi connectivity index (χ4v) is 4.07. The first-order valence-corrected chi connectivity index (χ1v) is 11.3. The van der Waals surface area contributed by atoms with Crippen molar-refractivity contribution in [2.75, 3.05) is 30.9 Å². The molecule has 3 heterocycles. The van der Waals surface area contributed by atoms with Crippen LogP contribution in [-0.2, 0) is 0 Å². The second-order valence-electron chi connectivity index (χ2n) is 8.35. The van der Waals surface area contributed by atoms with E-state index < -0.39 is 0 Å². The van der Waals surface area contributed by atoms with Crippen LogP contribution in [0.2, 0.25) is 0 Å². The quantitative estimate of drug-likeness (QED) is 0.361. The van der Waals surface area contributed by atoms with Crippen LogP contribution in [0, 0.1) is 0 Å². The summed E-state index contributed by atoms with van der Waals surface area (Å²) in [5, 5.41) is 4.62. The van der Waals surface area contributed by atoms with Crippen molar-refractivity contribution in [1.82, 2.24) is 19.9 Å². The minimum Gasteiger partial charge on any atom is -0.378 e. The number of fused-ring (bicyclic) bond motifs is 1. The average molecular weight is 447 g/mol. The lowest BCUT2D eigenvalue weighted by atomic mass is 9.92. The van der Waals surface area contributed by atoms with Crippen molar-refractivity contribution in [3.63, 3.8) is 0 Å². The van der Waals surface area contributed by atoms with E-state index in [0.29, 0.717) is 12.4 Å². The van der Waals surface area contributed by atoms with Crippen molar-refractivity contribution in [3.05, 3.63) is 109 Å². The monoisotopic (exact) mass is 446 g/mol. The summed E-state index contributed by atoms with van der Waals surface area (Å²) in [4.78, 5) is 20.2. The molecule has 0 amide bonds. The highest BCUT2D eigenvalue weighted by atomic mass is 15.1. The molecule has 6 nitrogen and oxygen atoms in total. The Hall–Kier alpha value is -4.32. The highest BCUT2D eigenvalue weighted by molar-refractivity contribution is 5.90. The van der Waals surface area contributed by atoms with Gasteiger partial charge in [0.15, 0.2) is 5.82 Å². The Morgan fingerprint density at radius 2 is 1.35 bits per heavy atom. The van der Waals surface area contributed by atoms with Crippen molar-refractivity contribution < 1.29 is 0 Å². The van der Waals surface area contributed by atoms with Crippen LogP contribution in [0.1, 0.15) is 17.0 Å². The summed E-state index contributed by atoms with van der Waals surface area (Å²) in [7, 11) is 4.07. The summed E-state index contributed by atoms with van der Waals surface area (Å²) in [6.45, 7) is 0.675. The van der Waals surface area contributed by atoms with E-state index in [9.17, 15) is 0 Å². The number of aromatic nitrogens is 4. The van der Waals surface area contributed by atoms with Crippen molar-refractivity contribution in [1.29, 1.82) is 0 Å². The van der Waals surface area contributed by atoms with Gasteiger partial charge in [0.05, 0.1) is 5.52 Å². The maximum Gasteiger partial charge on any atom is 0.162 e. The highest BCUT2D eigenvalue weighted by Gasteiger charge is 2.16. The Morgan fingerprint density at radius 3 is 1.97 bits per heavy atom. The topological polar surface area (TPSA) is 66.8 Å². The van der Waals surface area contributed by atoms with Crippen LogP contribution in [0.5, 0.6) is 0 Å². The molecule has 0 aliphatic rings. The van der Waals surface area contributed by atoms with Crippen molar-refractivity contribution in [2.24, 2.45) is 0 Å². The van der Waals surface area contributed by atoms with Gasteiger partial charge in [-0.1, -0.05) is 12.1 Å². The number of hydrogen-bond acceptors (Lipinski definition) is 6. The average Bonchev–Trinajstić information content (AvgIpc) is 2.90. The molecule has 0 radical (unpaired) electrons. The first-order valence-electron chi connectivity index (χ1n) is 11.3. The molecule has 3 aromatic heterocycles. The number of pyridine rings is 2. The van der Waals surface area contributed by atoms with E-state index in [1.54, 1.807) is 0 Å². The number of para-hydroxylation sites is 1. The van der Waals surface area contributed by atoms with Crippen LogP contribution in [0.3, 0.4) is 0 Å². The van der Waals surface area contributed by atoms with Gasteiger partial charge in [-0.15, -0.1) is 0 Å². The zero-order valence-electron chi connectivity index (χ0n) is 19.3. The van der Waals surface area contributed by atoms with Crippen LogP contribution >= 0.6 is 0 Å². The molecule has 0 atom stereocenters. The van der Waals surface area contributed by atoms with Crippen LogP contribution < -0.4 is 10.2 Å². The van der Waals surface area contributed by atoms with E-state index >= 15 is 0 Å². The third kappa shape index (κ3) is 4.57. The van der Waals surface area contributed by atoms with Crippen LogP contribution in [-0.4, -0.2) is 40.6 Å². The number of anilines is 2. The van der Waals surface area contributed by atoms with Gasteiger partial charge >= 0.3 is 0 Å². The van der Waals surface area contributed by atoms with Gasteiger partial charge in [-0.3, -0.25) is 9.97 Å². The number of nitrogens with zero attached hydrogens (tertiary/aromatic N) is 5. The van der Waals surface area contributed by atoms with E-state index in [4.69, 9.17) is 9.97 Å². The second kappa shape index (κ2) is 9.67. The minimum absolute atomic E-state index is 0.127. The Kier molecular flexibility index (Phi) is 6.12. The van der Waals surface area contributed by atoms with Gasteiger partial charge in [-0.2, -0.15) is 0 Å². The molecule has 0 aliphatic carbocycles. The summed E-state index contributed by atoms with van der Waals surface area (Å²) in [6.07, 6.45) is 7.33. The molecule has 5 aromatic rings. The zero-order valence-corrected chi connectivity index (χ0v) is 19.3. The van der Waals surface area contributed by atoms with Crippen molar-refractivity contribution in [2.45, 2.75) is 5.92 Å². The summed E-state index contributed by atoms with van der Waals surface area (Å²) in [6, 6.07) is 24.7. The van der Waals surface area contributed by atoms with E-state index in [1.165, 1.54) is 11.1 Å². The Balaban J connectivity index is 1.51. The lowest BCUT2D eigenvalue weighted by molar-refractivity contribution is 0.844. The predicted octanol–water partition coefficient (Wildman–Crippen LogP) is 5.40. The molecule has 0 aliphatic heterocycles. The smallest absolute Gasteiger partial charge is 0.162 e. The maximum atomic E-state index is 4.94. The van der Waals surface area contributed by atoms with Gasteiger partial charge in [0.2, 0.25) is 0 Å². The lowest BCUT2D eigenvalue weighted by Gasteiger charge is -2.20. The molecule has 0 unspecified atom stereocenters. The van der Waals surface area contributed by atoms with Crippen LogP contribution in [0.4, 0.5) is 11.5 Å². The van der Waals surface area contributed by atoms with E-state index in [2.05, 4.69) is 74.8 Å². The largest absolute Gasteiger partial charge is 0.378 e. The summed E-state index contributed by atoms with van der Waals surface area (Å²) >= 11 is 0. The van der Waals surface area contributed by atoms with Gasteiger partial charge in [0.25, 0.3) is 0 Å². The SMILES string of the molecule is CN(C)c1ccc(-c2nc(NCC(c3ccncc3)c3ccncc3)c3ccccc3n2)cc1. The molecular formula is C28H26N6. The molecule has 1 N–H and O–H groups in total. The molecule has 0 saturated carbocycles. The van der Waals surface area contributed by atoms with Crippen LogP contribution in [0.25, 0.3) is 22.3 Å². The summed E-state index contributed by atoms with van der Waals surface area (Å²) in [5.74, 6) is 1.66. The van der Waals surface area contributed by atoms with Gasteiger partial charge < -0.3 is 10.2 Å². The Morgan fingerprint density at radius 1 is 0.735 bits per heavy atom. The number of benzene rings is 2. The molecule has 2 aromatic carbocycles. The summed E-state index contributed by atoms with van der Waals surface area (Å²) < 4.78 is 0. The standard InChI is InChI=1S/C28H26N6/c1-34(2)23-9-7-22(8-10-23)27-32-26-6-4-3-5-24(26)28(33-27)31-19-25(20-11-15-29-16-12-20)21-13-17-30-18-14-21/h3-18,25H,19H2,1-2H3,(H,31,32,33). The zero-order chi connectivity index (χ0) is 23.3. The first kappa shape index (κ1) is 21.5. The van der Waals surface area contributed by atoms with E-state index in [0.717, 1.165) is 28.0 Å². The molecule has 168 valence electrons. The fourth-order valence-electron chi connectivity index (χ4n) is 4.07. The van der Waals surface area contributed by atoms with Gasteiger partial charge in [-0.05, 0) is 71.8 Å². The third-order valence-electron chi connectivity index (χ3n) is 5.94.